The minimum absolute atomic E-state index is 0.360. The Kier molecular flexibility index (Phi) is 5.69. The van der Waals surface area contributed by atoms with Gasteiger partial charge in [0.05, 0.1) is 6.61 Å². The molecule has 0 aromatic heterocycles. The summed E-state index contributed by atoms with van der Waals surface area (Å²) in [5.41, 5.74) is 1.24. The highest BCUT2D eigenvalue weighted by Crippen LogP contribution is 2.19. The van der Waals surface area contributed by atoms with E-state index >= 15 is 0 Å². The maximum absolute atomic E-state index is 5.95. The van der Waals surface area contributed by atoms with Crippen LogP contribution in [0.5, 0.6) is 0 Å². The van der Waals surface area contributed by atoms with E-state index in [1.165, 1.54) is 5.56 Å². The van der Waals surface area contributed by atoms with Crippen LogP contribution in [0.25, 0.3) is 0 Å². The standard InChI is InChI=1S/C12H18ClNO/c1-3-12(14-7-8-15-2)10-5-4-6-11(13)9-10/h4-6,9,12,14H,3,7-8H2,1-2H3/t12-/m0/s1. The van der Waals surface area contributed by atoms with E-state index in [0.717, 1.165) is 24.6 Å². The second-order valence-electron chi connectivity index (χ2n) is 3.46. The summed E-state index contributed by atoms with van der Waals surface area (Å²) in [6.07, 6.45) is 1.05. The van der Waals surface area contributed by atoms with Crippen LogP contribution in [0.3, 0.4) is 0 Å². The molecule has 1 N–H and O–H groups in total. The molecule has 15 heavy (non-hydrogen) atoms. The molecule has 0 aliphatic heterocycles. The summed E-state index contributed by atoms with van der Waals surface area (Å²) in [7, 11) is 1.71. The molecule has 0 saturated heterocycles. The Balaban J connectivity index is 2.57. The van der Waals surface area contributed by atoms with Crippen molar-refractivity contribution >= 4 is 11.6 Å². The normalized spacial score (nSPS) is 12.7. The molecular weight excluding hydrogens is 210 g/mol. The molecule has 3 heteroatoms. The van der Waals surface area contributed by atoms with Crippen LogP contribution in [0, 0.1) is 0 Å². The number of ether oxygens (including phenoxy) is 1. The summed E-state index contributed by atoms with van der Waals surface area (Å²) in [4.78, 5) is 0. The molecule has 84 valence electrons. The van der Waals surface area contributed by atoms with Gasteiger partial charge in [-0.25, -0.2) is 0 Å². The third kappa shape index (κ3) is 4.20. The van der Waals surface area contributed by atoms with Gasteiger partial charge in [0.15, 0.2) is 0 Å². The maximum atomic E-state index is 5.95. The molecule has 2 nitrogen and oxygen atoms in total. The van der Waals surface area contributed by atoms with Crippen molar-refractivity contribution < 1.29 is 4.74 Å². The Morgan fingerprint density at radius 1 is 1.47 bits per heavy atom. The van der Waals surface area contributed by atoms with Gasteiger partial charge in [-0.05, 0) is 24.1 Å². The van der Waals surface area contributed by atoms with Crippen molar-refractivity contribution in [2.75, 3.05) is 20.3 Å². The van der Waals surface area contributed by atoms with Crippen LogP contribution in [0.1, 0.15) is 24.9 Å². The number of nitrogens with one attached hydrogen (secondary N) is 1. The Hall–Kier alpha value is -0.570. The van der Waals surface area contributed by atoms with Gasteiger partial charge in [0.2, 0.25) is 0 Å². The average molecular weight is 228 g/mol. The van der Waals surface area contributed by atoms with Crippen LogP contribution in [0.15, 0.2) is 24.3 Å². The van der Waals surface area contributed by atoms with Crippen LogP contribution in [-0.4, -0.2) is 20.3 Å². The van der Waals surface area contributed by atoms with Crippen molar-refractivity contribution in [1.29, 1.82) is 0 Å². The van der Waals surface area contributed by atoms with Crippen molar-refractivity contribution in [2.45, 2.75) is 19.4 Å². The van der Waals surface area contributed by atoms with Crippen LogP contribution in [0.2, 0.25) is 5.02 Å². The molecule has 1 atom stereocenters. The summed E-state index contributed by atoms with van der Waals surface area (Å²) in [5.74, 6) is 0. The van der Waals surface area contributed by atoms with E-state index in [4.69, 9.17) is 16.3 Å². The summed E-state index contributed by atoms with van der Waals surface area (Å²) >= 11 is 5.95. The van der Waals surface area contributed by atoms with Gasteiger partial charge < -0.3 is 10.1 Å². The molecule has 1 aromatic carbocycles. The number of hydrogen-bond donors (Lipinski definition) is 1. The molecule has 0 aliphatic rings. The summed E-state index contributed by atoms with van der Waals surface area (Å²) in [6, 6.07) is 8.35. The van der Waals surface area contributed by atoms with Crippen LogP contribution >= 0.6 is 11.6 Å². The topological polar surface area (TPSA) is 21.3 Å². The molecule has 1 aromatic rings. The number of hydrogen-bond acceptors (Lipinski definition) is 2. The fourth-order valence-electron chi connectivity index (χ4n) is 1.56. The number of rotatable bonds is 6. The predicted octanol–water partition coefficient (Wildman–Crippen LogP) is 3.03. The van der Waals surface area contributed by atoms with E-state index in [2.05, 4.69) is 18.3 Å². The number of benzene rings is 1. The first-order valence-corrected chi connectivity index (χ1v) is 5.63. The van der Waals surface area contributed by atoms with E-state index in [1.807, 2.05) is 18.2 Å². The zero-order valence-electron chi connectivity index (χ0n) is 9.29. The van der Waals surface area contributed by atoms with Gasteiger partial charge >= 0.3 is 0 Å². The SMILES string of the molecule is CC[C@H](NCCOC)c1cccc(Cl)c1. The third-order valence-corrected chi connectivity index (χ3v) is 2.59. The highest BCUT2D eigenvalue weighted by molar-refractivity contribution is 6.30. The Morgan fingerprint density at radius 3 is 2.87 bits per heavy atom. The molecule has 0 radical (unpaired) electrons. The molecule has 0 heterocycles. The zero-order valence-corrected chi connectivity index (χ0v) is 10.1. The lowest BCUT2D eigenvalue weighted by Gasteiger charge is -2.17. The number of methoxy groups -OCH3 is 1. The molecule has 0 spiro atoms. The van der Waals surface area contributed by atoms with Gasteiger partial charge in [0, 0.05) is 24.7 Å². The molecule has 0 bridgehead atoms. The highest BCUT2D eigenvalue weighted by Gasteiger charge is 2.07. The van der Waals surface area contributed by atoms with E-state index in [-0.39, 0.29) is 0 Å². The largest absolute Gasteiger partial charge is 0.383 e. The quantitative estimate of drug-likeness (QED) is 0.755. The minimum Gasteiger partial charge on any atom is -0.383 e. The monoisotopic (exact) mass is 227 g/mol. The average Bonchev–Trinajstić information content (AvgIpc) is 2.24. The van der Waals surface area contributed by atoms with E-state index in [0.29, 0.717) is 6.04 Å². The first-order valence-electron chi connectivity index (χ1n) is 5.25. The van der Waals surface area contributed by atoms with Crippen molar-refractivity contribution in [1.82, 2.24) is 5.32 Å². The molecule has 0 unspecified atom stereocenters. The van der Waals surface area contributed by atoms with Crippen molar-refractivity contribution in [2.24, 2.45) is 0 Å². The lowest BCUT2D eigenvalue weighted by atomic mass is 10.0. The van der Waals surface area contributed by atoms with E-state index < -0.39 is 0 Å². The molecule has 0 aliphatic carbocycles. The zero-order chi connectivity index (χ0) is 11.1. The van der Waals surface area contributed by atoms with Gasteiger partial charge in [-0.15, -0.1) is 0 Å². The van der Waals surface area contributed by atoms with E-state index in [9.17, 15) is 0 Å². The molecule has 1 rings (SSSR count). The molecular formula is C12H18ClNO. The van der Waals surface area contributed by atoms with Gasteiger partial charge in [-0.2, -0.15) is 0 Å². The minimum atomic E-state index is 0.360. The number of halogens is 1. The summed E-state index contributed by atoms with van der Waals surface area (Å²) in [5, 5.41) is 4.22. The molecule has 0 saturated carbocycles. The second kappa shape index (κ2) is 6.83. The van der Waals surface area contributed by atoms with Crippen LogP contribution in [0.4, 0.5) is 0 Å². The Morgan fingerprint density at radius 2 is 2.27 bits per heavy atom. The Bertz CT molecular complexity index is 291. The van der Waals surface area contributed by atoms with Crippen molar-refractivity contribution in [3.8, 4) is 0 Å². The molecule has 0 amide bonds. The third-order valence-electron chi connectivity index (χ3n) is 2.36. The van der Waals surface area contributed by atoms with Crippen LogP contribution in [-0.2, 0) is 4.74 Å². The summed E-state index contributed by atoms with van der Waals surface area (Å²) in [6.45, 7) is 3.75. The lowest BCUT2D eigenvalue weighted by Crippen LogP contribution is -2.24. The first-order chi connectivity index (χ1) is 7.27. The molecule has 0 fully saturated rings. The maximum Gasteiger partial charge on any atom is 0.0587 e. The van der Waals surface area contributed by atoms with Gasteiger partial charge in [0.25, 0.3) is 0 Å². The van der Waals surface area contributed by atoms with Gasteiger partial charge in [-0.1, -0.05) is 30.7 Å². The lowest BCUT2D eigenvalue weighted by molar-refractivity contribution is 0.195. The fraction of sp³-hybridized carbons (Fsp3) is 0.500. The smallest absolute Gasteiger partial charge is 0.0587 e. The summed E-state index contributed by atoms with van der Waals surface area (Å²) < 4.78 is 5.01. The second-order valence-corrected chi connectivity index (χ2v) is 3.90. The van der Waals surface area contributed by atoms with Gasteiger partial charge in [-0.3, -0.25) is 0 Å². The van der Waals surface area contributed by atoms with Crippen molar-refractivity contribution in [3.05, 3.63) is 34.9 Å². The van der Waals surface area contributed by atoms with Crippen molar-refractivity contribution in [3.63, 3.8) is 0 Å². The van der Waals surface area contributed by atoms with Gasteiger partial charge in [0.1, 0.15) is 0 Å². The predicted molar refractivity (Wildman–Crippen MR) is 64.4 cm³/mol. The highest BCUT2D eigenvalue weighted by atomic mass is 35.5. The first kappa shape index (κ1) is 12.5. The van der Waals surface area contributed by atoms with E-state index in [1.54, 1.807) is 7.11 Å². The Labute approximate surface area is 96.6 Å². The van der Waals surface area contributed by atoms with Crippen LogP contribution < -0.4 is 5.32 Å². The fourth-order valence-corrected chi connectivity index (χ4v) is 1.76.